The summed E-state index contributed by atoms with van der Waals surface area (Å²) in [4.78, 5) is 4.16. The Bertz CT molecular complexity index is 419. The van der Waals surface area contributed by atoms with Crippen LogP contribution in [0.25, 0.3) is 0 Å². The molecule has 1 N–H and O–H groups in total. The fourth-order valence-corrected chi connectivity index (χ4v) is 1.98. The van der Waals surface area contributed by atoms with E-state index in [4.69, 9.17) is 9.31 Å². The topological polar surface area (TPSA) is 43.4 Å². The van der Waals surface area contributed by atoms with Gasteiger partial charge in [0.25, 0.3) is 0 Å². The SMILES string of the molecule is CNCc1cnccc1B1OC(C)(C)C(C)(C)O1. The van der Waals surface area contributed by atoms with Gasteiger partial charge in [-0.3, -0.25) is 4.98 Å². The molecule has 1 aliphatic rings. The van der Waals surface area contributed by atoms with Crippen molar-refractivity contribution in [3.8, 4) is 0 Å². The minimum atomic E-state index is -0.318. The standard InChI is InChI=1S/C13H21BN2O2/c1-12(2)13(3,4)18-14(17-12)11-6-7-16-9-10(11)8-15-5/h6-7,9,15H,8H2,1-5H3. The van der Waals surface area contributed by atoms with Gasteiger partial charge in [0, 0.05) is 18.9 Å². The van der Waals surface area contributed by atoms with Gasteiger partial charge in [-0.1, -0.05) is 0 Å². The first-order valence-corrected chi connectivity index (χ1v) is 6.30. The molecular formula is C13H21BN2O2. The van der Waals surface area contributed by atoms with Crippen LogP contribution in [0.2, 0.25) is 0 Å². The van der Waals surface area contributed by atoms with Gasteiger partial charge in [-0.15, -0.1) is 0 Å². The van der Waals surface area contributed by atoms with Crippen molar-refractivity contribution in [3.63, 3.8) is 0 Å². The van der Waals surface area contributed by atoms with E-state index < -0.39 is 0 Å². The van der Waals surface area contributed by atoms with Crippen LogP contribution in [-0.4, -0.2) is 30.4 Å². The van der Waals surface area contributed by atoms with Gasteiger partial charge in [-0.05, 0) is 51.8 Å². The van der Waals surface area contributed by atoms with Crippen LogP contribution in [0.5, 0.6) is 0 Å². The second-order valence-corrected chi connectivity index (χ2v) is 5.69. The first-order valence-electron chi connectivity index (χ1n) is 6.30. The van der Waals surface area contributed by atoms with Gasteiger partial charge < -0.3 is 14.6 Å². The molecule has 1 saturated heterocycles. The van der Waals surface area contributed by atoms with Gasteiger partial charge >= 0.3 is 7.12 Å². The fourth-order valence-electron chi connectivity index (χ4n) is 1.98. The maximum Gasteiger partial charge on any atom is 0.495 e. The quantitative estimate of drug-likeness (QED) is 0.813. The van der Waals surface area contributed by atoms with Crippen molar-refractivity contribution in [2.45, 2.75) is 45.4 Å². The number of pyridine rings is 1. The molecule has 0 atom stereocenters. The Morgan fingerprint density at radius 1 is 1.22 bits per heavy atom. The van der Waals surface area contributed by atoms with Gasteiger partial charge in [0.15, 0.2) is 0 Å². The Hall–Kier alpha value is -0.905. The Morgan fingerprint density at radius 3 is 2.39 bits per heavy atom. The molecule has 1 fully saturated rings. The van der Waals surface area contributed by atoms with E-state index in [-0.39, 0.29) is 18.3 Å². The second kappa shape index (κ2) is 4.65. The van der Waals surface area contributed by atoms with Crippen LogP contribution in [0.15, 0.2) is 18.5 Å². The van der Waals surface area contributed by atoms with Gasteiger partial charge in [0.2, 0.25) is 0 Å². The Labute approximate surface area is 109 Å². The molecule has 1 aromatic rings. The summed E-state index contributed by atoms with van der Waals surface area (Å²) in [5.74, 6) is 0. The highest BCUT2D eigenvalue weighted by Crippen LogP contribution is 2.36. The number of aromatic nitrogens is 1. The first kappa shape index (κ1) is 13.5. The van der Waals surface area contributed by atoms with Gasteiger partial charge in [-0.2, -0.15) is 0 Å². The molecule has 0 saturated carbocycles. The fraction of sp³-hybridized carbons (Fsp3) is 0.615. The van der Waals surface area contributed by atoms with E-state index in [9.17, 15) is 0 Å². The predicted octanol–water partition coefficient (Wildman–Crippen LogP) is 1.10. The molecule has 2 heterocycles. The molecule has 0 unspecified atom stereocenters. The molecule has 2 rings (SSSR count). The smallest absolute Gasteiger partial charge is 0.399 e. The van der Waals surface area contributed by atoms with E-state index in [0.717, 1.165) is 17.6 Å². The zero-order valence-electron chi connectivity index (χ0n) is 11.8. The summed E-state index contributed by atoms with van der Waals surface area (Å²) in [7, 11) is 1.60. The van der Waals surface area contributed by atoms with E-state index in [1.807, 2.05) is 19.3 Å². The highest BCUT2D eigenvalue weighted by molar-refractivity contribution is 6.62. The monoisotopic (exact) mass is 248 g/mol. The van der Waals surface area contributed by atoms with E-state index >= 15 is 0 Å². The summed E-state index contributed by atoms with van der Waals surface area (Å²) in [6.07, 6.45) is 3.64. The summed E-state index contributed by atoms with van der Waals surface area (Å²) >= 11 is 0. The molecule has 4 nitrogen and oxygen atoms in total. The average molecular weight is 248 g/mol. The largest absolute Gasteiger partial charge is 0.495 e. The molecule has 1 aromatic heterocycles. The summed E-state index contributed by atoms with van der Waals surface area (Å²) in [6.45, 7) is 9.00. The lowest BCUT2D eigenvalue weighted by molar-refractivity contribution is 0.00578. The van der Waals surface area contributed by atoms with Crippen molar-refractivity contribution in [2.24, 2.45) is 0 Å². The van der Waals surface area contributed by atoms with Crippen molar-refractivity contribution in [1.29, 1.82) is 0 Å². The minimum absolute atomic E-state index is 0.308. The maximum atomic E-state index is 6.06. The zero-order valence-corrected chi connectivity index (χ0v) is 11.8. The minimum Gasteiger partial charge on any atom is -0.399 e. The van der Waals surface area contributed by atoms with Crippen LogP contribution < -0.4 is 10.8 Å². The third-order valence-corrected chi connectivity index (χ3v) is 3.82. The molecule has 1 aliphatic heterocycles. The molecule has 0 amide bonds. The summed E-state index contributed by atoms with van der Waals surface area (Å²) in [5.41, 5.74) is 1.55. The maximum absolute atomic E-state index is 6.06. The Morgan fingerprint density at radius 2 is 1.83 bits per heavy atom. The van der Waals surface area contributed by atoms with Crippen molar-refractivity contribution >= 4 is 12.6 Å². The van der Waals surface area contributed by atoms with Crippen LogP contribution >= 0.6 is 0 Å². The third-order valence-electron chi connectivity index (χ3n) is 3.82. The van der Waals surface area contributed by atoms with Crippen LogP contribution in [0.3, 0.4) is 0 Å². The Balaban J connectivity index is 2.29. The highest BCUT2D eigenvalue weighted by atomic mass is 16.7. The highest BCUT2D eigenvalue weighted by Gasteiger charge is 2.52. The molecule has 0 spiro atoms. The molecule has 5 heteroatoms. The van der Waals surface area contributed by atoms with Gasteiger partial charge in [-0.25, -0.2) is 0 Å². The van der Waals surface area contributed by atoms with Gasteiger partial charge in [0.1, 0.15) is 0 Å². The van der Waals surface area contributed by atoms with Crippen molar-refractivity contribution in [1.82, 2.24) is 10.3 Å². The molecule has 98 valence electrons. The zero-order chi connectivity index (χ0) is 13.4. The number of nitrogens with one attached hydrogen (secondary N) is 1. The first-order chi connectivity index (χ1) is 8.37. The van der Waals surface area contributed by atoms with E-state index in [2.05, 4.69) is 38.0 Å². The molecule has 0 bridgehead atoms. The van der Waals surface area contributed by atoms with Crippen LogP contribution in [0.1, 0.15) is 33.3 Å². The van der Waals surface area contributed by atoms with E-state index in [0.29, 0.717) is 0 Å². The predicted molar refractivity (Wildman–Crippen MR) is 72.7 cm³/mol. The van der Waals surface area contributed by atoms with Crippen molar-refractivity contribution in [3.05, 3.63) is 24.0 Å². The van der Waals surface area contributed by atoms with Gasteiger partial charge in [0.05, 0.1) is 11.2 Å². The van der Waals surface area contributed by atoms with Crippen molar-refractivity contribution in [2.75, 3.05) is 7.05 Å². The van der Waals surface area contributed by atoms with E-state index in [1.54, 1.807) is 6.20 Å². The van der Waals surface area contributed by atoms with E-state index in [1.165, 1.54) is 0 Å². The van der Waals surface area contributed by atoms with Crippen LogP contribution in [0, 0.1) is 0 Å². The summed E-state index contributed by atoms with van der Waals surface area (Å²) < 4.78 is 12.1. The van der Waals surface area contributed by atoms with Crippen LogP contribution in [-0.2, 0) is 15.9 Å². The Kier molecular flexibility index (Phi) is 3.49. The lowest BCUT2D eigenvalue weighted by Crippen LogP contribution is -2.41. The number of hydrogen-bond donors (Lipinski definition) is 1. The number of rotatable bonds is 3. The second-order valence-electron chi connectivity index (χ2n) is 5.69. The summed E-state index contributed by atoms with van der Waals surface area (Å²) in [5, 5.41) is 3.14. The van der Waals surface area contributed by atoms with Crippen molar-refractivity contribution < 1.29 is 9.31 Å². The molecule has 0 radical (unpaired) electrons. The normalized spacial score (nSPS) is 21.3. The molecule has 0 aromatic carbocycles. The lowest BCUT2D eigenvalue weighted by atomic mass is 9.76. The summed E-state index contributed by atoms with van der Waals surface area (Å²) in [6, 6.07) is 1.97. The number of nitrogens with zero attached hydrogens (tertiary/aromatic N) is 1. The average Bonchev–Trinajstić information content (AvgIpc) is 2.49. The molecule has 0 aliphatic carbocycles. The number of hydrogen-bond acceptors (Lipinski definition) is 4. The third kappa shape index (κ3) is 2.30. The lowest BCUT2D eigenvalue weighted by Gasteiger charge is -2.32. The molecule has 18 heavy (non-hydrogen) atoms. The molecular weight excluding hydrogens is 227 g/mol. The van der Waals surface area contributed by atoms with Crippen LogP contribution in [0.4, 0.5) is 0 Å².